The van der Waals surface area contributed by atoms with Crippen LogP contribution in [0.1, 0.15) is 11.1 Å². The number of hydrogen-bond acceptors (Lipinski definition) is 4. The lowest BCUT2D eigenvalue weighted by Crippen LogP contribution is -2.31. The van der Waals surface area contributed by atoms with Crippen molar-refractivity contribution < 1.29 is 19.4 Å². The average Bonchev–Trinajstić information content (AvgIpc) is 2.89. The quantitative estimate of drug-likeness (QED) is 0.851. The molecule has 0 aliphatic heterocycles. The number of aliphatic hydroxyl groups is 1. The first kappa shape index (κ1) is 16.6. The topological polar surface area (TPSA) is 55.8 Å². The third-order valence-corrected chi connectivity index (χ3v) is 3.90. The van der Waals surface area contributed by atoms with Crippen LogP contribution in [0.15, 0.2) is 72.3 Å². The Labute approximate surface area is 141 Å². The predicted molar refractivity (Wildman–Crippen MR) is 90.2 cm³/mol. The van der Waals surface area contributed by atoms with Crippen molar-refractivity contribution in [1.29, 1.82) is 0 Å². The van der Waals surface area contributed by atoms with Crippen LogP contribution in [0.3, 0.4) is 0 Å². The third-order valence-electron chi connectivity index (χ3n) is 3.90. The van der Waals surface area contributed by atoms with Crippen molar-refractivity contribution in [2.75, 3.05) is 6.61 Å². The summed E-state index contributed by atoms with van der Waals surface area (Å²) in [6.45, 7) is 0.896. The number of carbonyl (C=O) groups is 1. The van der Waals surface area contributed by atoms with E-state index in [9.17, 15) is 9.90 Å². The first-order valence-corrected chi connectivity index (χ1v) is 7.94. The minimum atomic E-state index is -0.920. The maximum Gasteiger partial charge on any atom is 0.192 e. The van der Waals surface area contributed by atoms with Gasteiger partial charge in [-0.1, -0.05) is 60.7 Å². The Morgan fingerprint density at radius 1 is 0.833 bits per heavy atom. The molecule has 1 aliphatic rings. The molecule has 4 heteroatoms. The molecule has 3 rings (SSSR count). The van der Waals surface area contributed by atoms with E-state index in [4.69, 9.17) is 9.47 Å². The highest BCUT2D eigenvalue weighted by Gasteiger charge is 2.35. The molecule has 2 atom stereocenters. The zero-order chi connectivity index (χ0) is 16.8. The molecule has 0 fully saturated rings. The van der Waals surface area contributed by atoms with Crippen LogP contribution in [0.25, 0.3) is 0 Å². The number of ether oxygens (including phenoxy) is 2. The summed E-state index contributed by atoms with van der Waals surface area (Å²) in [5, 5.41) is 10.0. The van der Waals surface area contributed by atoms with Crippen LogP contribution in [0.5, 0.6) is 0 Å². The fourth-order valence-electron chi connectivity index (χ4n) is 2.62. The second-order valence-electron chi connectivity index (χ2n) is 5.74. The van der Waals surface area contributed by atoms with Gasteiger partial charge in [0.2, 0.25) is 0 Å². The zero-order valence-corrected chi connectivity index (χ0v) is 13.3. The van der Waals surface area contributed by atoms with Crippen LogP contribution < -0.4 is 0 Å². The van der Waals surface area contributed by atoms with Crippen molar-refractivity contribution in [2.24, 2.45) is 0 Å². The molecule has 0 radical (unpaired) electrons. The lowest BCUT2D eigenvalue weighted by molar-refractivity contribution is -0.131. The molecule has 0 aromatic heterocycles. The van der Waals surface area contributed by atoms with Crippen molar-refractivity contribution in [2.45, 2.75) is 25.4 Å². The van der Waals surface area contributed by atoms with Gasteiger partial charge in [-0.3, -0.25) is 4.79 Å². The summed E-state index contributed by atoms with van der Waals surface area (Å²) in [6, 6.07) is 19.3. The molecule has 0 saturated carbocycles. The lowest BCUT2D eigenvalue weighted by Gasteiger charge is -2.14. The second-order valence-corrected chi connectivity index (χ2v) is 5.74. The van der Waals surface area contributed by atoms with Crippen LogP contribution in [0.2, 0.25) is 0 Å². The highest BCUT2D eigenvalue weighted by atomic mass is 16.5. The minimum absolute atomic E-state index is 0.177. The Balaban J connectivity index is 1.49. The number of ketones is 1. The molecule has 124 valence electrons. The first-order chi connectivity index (χ1) is 11.7. The van der Waals surface area contributed by atoms with E-state index in [0.29, 0.717) is 18.8 Å². The van der Waals surface area contributed by atoms with E-state index in [2.05, 4.69) is 0 Å². The number of Topliss-reactive ketones (excluding diaryl/α,β-unsaturated/α-hetero) is 1. The van der Waals surface area contributed by atoms with Gasteiger partial charge >= 0.3 is 0 Å². The van der Waals surface area contributed by atoms with Crippen molar-refractivity contribution in [1.82, 2.24) is 0 Å². The molecule has 24 heavy (non-hydrogen) atoms. The van der Waals surface area contributed by atoms with Crippen LogP contribution in [-0.4, -0.2) is 29.7 Å². The molecule has 0 unspecified atom stereocenters. The van der Waals surface area contributed by atoms with Gasteiger partial charge in [0.1, 0.15) is 12.2 Å². The molecular weight excluding hydrogens is 304 g/mol. The summed E-state index contributed by atoms with van der Waals surface area (Å²) in [5.41, 5.74) is 2.48. The maximum absolute atomic E-state index is 12.3. The summed E-state index contributed by atoms with van der Waals surface area (Å²) in [4.78, 5) is 12.3. The maximum atomic E-state index is 12.3. The van der Waals surface area contributed by atoms with Crippen molar-refractivity contribution >= 4 is 5.78 Å². The number of carbonyl (C=O) groups excluding carboxylic acids is 1. The van der Waals surface area contributed by atoms with E-state index in [1.54, 1.807) is 0 Å². The van der Waals surface area contributed by atoms with Crippen LogP contribution >= 0.6 is 0 Å². The first-order valence-electron chi connectivity index (χ1n) is 7.94. The second kappa shape index (κ2) is 8.02. The van der Waals surface area contributed by atoms with Gasteiger partial charge in [0.25, 0.3) is 0 Å². The van der Waals surface area contributed by atoms with E-state index < -0.39 is 12.2 Å². The van der Waals surface area contributed by atoms with Crippen LogP contribution in [-0.2, 0) is 27.5 Å². The van der Waals surface area contributed by atoms with Gasteiger partial charge in [-0.05, 0) is 17.2 Å². The summed E-state index contributed by atoms with van der Waals surface area (Å²) in [5.74, 6) is -0.202. The Bertz CT molecular complexity index is 694. The molecule has 0 saturated heterocycles. The van der Waals surface area contributed by atoms with Gasteiger partial charge in [0.05, 0.1) is 19.8 Å². The van der Waals surface area contributed by atoms with E-state index in [0.717, 1.165) is 11.1 Å². The molecule has 1 N–H and O–H groups in total. The van der Waals surface area contributed by atoms with Crippen LogP contribution in [0.4, 0.5) is 0 Å². The van der Waals surface area contributed by atoms with Gasteiger partial charge in [-0.15, -0.1) is 0 Å². The average molecular weight is 324 g/mol. The van der Waals surface area contributed by atoms with Crippen molar-refractivity contribution in [3.63, 3.8) is 0 Å². The summed E-state index contributed by atoms with van der Waals surface area (Å²) < 4.78 is 11.2. The number of hydrogen-bond donors (Lipinski definition) is 1. The Morgan fingerprint density at radius 3 is 2.04 bits per heavy atom. The molecule has 0 bridgehead atoms. The summed E-state index contributed by atoms with van der Waals surface area (Å²) >= 11 is 0. The van der Waals surface area contributed by atoms with Crippen LogP contribution in [0, 0.1) is 0 Å². The van der Waals surface area contributed by atoms with Gasteiger partial charge in [0.15, 0.2) is 5.78 Å². The normalized spacial score (nSPS) is 20.2. The monoisotopic (exact) mass is 324 g/mol. The smallest absolute Gasteiger partial charge is 0.192 e. The van der Waals surface area contributed by atoms with Crippen molar-refractivity contribution in [3.05, 3.63) is 83.4 Å². The molecule has 2 aromatic carbocycles. The predicted octanol–water partition coefficient (Wildman–Crippen LogP) is 2.66. The summed E-state index contributed by atoms with van der Waals surface area (Å²) in [7, 11) is 0. The SMILES string of the molecule is O=C1C(COCc2ccccc2)=C[C@@H](O)[C@H]1OCc1ccccc1. The zero-order valence-electron chi connectivity index (χ0n) is 13.3. The molecule has 2 aromatic rings. The number of benzene rings is 2. The fourth-order valence-corrected chi connectivity index (χ4v) is 2.62. The van der Waals surface area contributed by atoms with E-state index in [-0.39, 0.29) is 12.4 Å². The lowest BCUT2D eigenvalue weighted by atomic mass is 10.2. The van der Waals surface area contributed by atoms with E-state index in [1.165, 1.54) is 6.08 Å². The molecule has 0 spiro atoms. The third kappa shape index (κ3) is 4.17. The molecular formula is C20H20O4. The Kier molecular flexibility index (Phi) is 5.54. The largest absolute Gasteiger partial charge is 0.386 e. The fraction of sp³-hybridized carbons (Fsp3) is 0.250. The standard InChI is InChI=1S/C20H20O4/c21-18-11-17(14-23-12-15-7-3-1-4-8-15)19(22)20(18)24-13-16-9-5-2-6-10-16/h1-11,18,20-21H,12-14H2/t18-,20-/m1/s1. The minimum Gasteiger partial charge on any atom is -0.386 e. The van der Waals surface area contributed by atoms with Crippen molar-refractivity contribution in [3.8, 4) is 0 Å². The molecule has 0 heterocycles. The molecule has 4 nitrogen and oxygen atoms in total. The number of rotatable bonds is 7. The Hall–Kier alpha value is -2.27. The Morgan fingerprint density at radius 2 is 1.42 bits per heavy atom. The number of aliphatic hydroxyl groups excluding tert-OH is 1. The van der Waals surface area contributed by atoms with E-state index in [1.807, 2.05) is 60.7 Å². The van der Waals surface area contributed by atoms with Gasteiger partial charge in [0, 0.05) is 5.57 Å². The van der Waals surface area contributed by atoms with E-state index >= 15 is 0 Å². The molecule has 0 amide bonds. The van der Waals surface area contributed by atoms with Gasteiger partial charge in [-0.2, -0.15) is 0 Å². The summed E-state index contributed by atoms with van der Waals surface area (Å²) in [6.07, 6.45) is -0.236. The van der Waals surface area contributed by atoms with Gasteiger partial charge in [-0.25, -0.2) is 0 Å². The highest BCUT2D eigenvalue weighted by molar-refractivity contribution is 6.02. The highest BCUT2D eigenvalue weighted by Crippen LogP contribution is 2.20. The molecule has 1 aliphatic carbocycles. The van der Waals surface area contributed by atoms with Gasteiger partial charge < -0.3 is 14.6 Å².